The van der Waals surface area contributed by atoms with Crippen LogP contribution in [0.15, 0.2) is 36.4 Å². The van der Waals surface area contributed by atoms with Crippen LogP contribution in [0.3, 0.4) is 0 Å². The van der Waals surface area contributed by atoms with E-state index in [1.807, 2.05) is 38.1 Å². The molecule has 1 aromatic heterocycles. The molecule has 0 saturated carbocycles. The van der Waals surface area contributed by atoms with Gasteiger partial charge in [-0.2, -0.15) is 0 Å². The average molecular weight is 254 g/mol. The molecule has 0 bridgehead atoms. The van der Waals surface area contributed by atoms with Crippen LogP contribution in [-0.2, 0) is 0 Å². The van der Waals surface area contributed by atoms with Crippen LogP contribution >= 0.6 is 0 Å². The lowest BCUT2D eigenvalue weighted by molar-refractivity contribution is -0.384. The number of nitrogens with zero attached hydrogens (tertiary/aromatic N) is 2. The van der Waals surface area contributed by atoms with Crippen molar-refractivity contribution in [2.75, 3.05) is 0 Å². The van der Waals surface area contributed by atoms with Gasteiger partial charge in [0.25, 0.3) is 5.69 Å². The molecule has 2 rings (SSSR count). The van der Waals surface area contributed by atoms with Crippen LogP contribution in [0.5, 0.6) is 0 Å². The number of aryl methyl sites for hydroxylation is 2. The Morgan fingerprint density at radius 1 is 1.11 bits per heavy atom. The number of hydrogen-bond acceptors (Lipinski definition) is 3. The molecule has 0 N–H and O–H groups in total. The van der Waals surface area contributed by atoms with Crippen LogP contribution < -0.4 is 0 Å². The molecule has 4 heteroatoms. The summed E-state index contributed by atoms with van der Waals surface area (Å²) in [5, 5.41) is 10.5. The van der Waals surface area contributed by atoms with Gasteiger partial charge in [0.1, 0.15) is 0 Å². The number of pyridine rings is 1. The lowest BCUT2D eigenvalue weighted by Gasteiger charge is -1.99. The van der Waals surface area contributed by atoms with Crippen molar-refractivity contribution in [1.29, 1.82) is 0 Å². The number of rotatable bonds is 3. The quantitative estimate of drug-likeness (QED) is 0.618. The minimum atomic E-state index is -0.404. The van der Waals surface area contributed by atoms with Gasteiger partial charge in [-0.25, -0.2) is 0 Å². The van der Waals surface area contributed by atoms with Gasteiger partial charge in [0, 0.05) is 17.8 Å². The van der Waals surface area contributed by atoms with Gasteiger partial charge in [-0.05, 0) is 55.3 Å². The van der Waals surface area contributed by atoms with E-state index in [0.29, 0.717) is 0 Å². The molecule has 1 aromatic carbocycles. The molecule has 0 fully saturated rings. The van der Waals surface area contributed by atoms with Crippen LogP contribution in [0.2, 0.25) is 0 Å². The number of benzene rings is 1. The van der Waals surface area contributed by atoms with Crippen molar-refractivity contribution in [3.8, 4) is 0 Å². The summed E-state index contributed by atoms with van der Waals surface area (Å²) in [6.45, 7) is 3.98. The second-order valence-electron chi connectivity index (χ2n) is 4.39. The Morgan fingerprint density at radius 2 is 1.79 bits per heavy atom. The third kappa shape index (κ3) is 3.48. The van der Waals surface area contributed by atoms with E-state index in [-0.39, 0.29) is 5.69 Å². The predicted octanol–water partition coefficient (Wildman–Crippen LogP) is 3.78. The molecule has 4 nitrogen and oxygen atoms in total. The molecule has 0 amide bonds. The molecule has 0 unspecified atom stereocenters. The summed E-state index contributed by atoms with van der Waals surface area (Å²) in [5.74, 6) is 0. The monoisotopic (exact) mass is 254 g/mol. The van der Waals surface area contributed by atoms with E-state index in [4.69, 9.17) is 0 Å². The highest BCUT2D eigenvalue weighted by molar-refractivity contribution is 5.68. The summed E-state index contributed by atoms with van der Waals surface area (Å²) in [5.41, 5.74) is 4.03. The second kappa shape index (κ2) is 5.44. The van der Waals surface area contributed by atoms with E-state index < -0.39 is 4.92 Å². The lowest BCUT2D eigenvalue weighted by atomic mass is 10.1. The van der Waals surface area contributed by atoms with Crippen molar-refractivity contribution < 1.29 is 4.92 Å². The molecule has 0 spiro atoms. The minimum absolute atomic E-state index is 0.0988. The van der Waals surface area contributed by atoms with Crippen molar-refractivity contribution >= 4 is 17.8 Å². The number of aromatic nitrogens is 1. The van der Waals surface area contributed by atoms with Gasteiger partial charge in [0.05, 0.1) is 10.6 Å². The van der Waals surface area contributed by atoms with Crippen LogP contribution in [0.1, 0.15) is 22.5 Å². The Balaban J connectivity index is 2.20. The summed E-state index contributed by atoms with van der Waals surface area (Å²) < 4.78 is 0. The maximum absolute atomic E-state index is 10.5. The molecular formula is C15H14N2O2. The summed E-state index contributed by atoms with van der Waals surface area (Å²) in [6.07, 6.45) is 3.80. The van der Waals surface area contributed by atoms with Gasteiger partial charge >= 0.3 is 0 Å². The molecule has 0 radical (unpaired) electrons. The molecule has 1 heterocycles. The fourth-order valence-corrected chi connectivity index (χ4v) is 1.85. The van der Waals surface area contributed by atoms with Gasteiger partial charge in [0.2, 0.25) is 0 Å². The third-order valence-corrected chi connectivity index (χ3v) is 2.67. The SMILES string of the molecule is Cc1cc(C)nc(/C=C/c2ccc([N+](=O)[O-])cc2)c1. The van der Waals surface area contributed by atoms with Crippen LogP contribution in [-0.4, -0.2) is 9.91 Å². The molecule has 19 heavy (non-hydrogen) atoms. The molecule has 96 valence electrons. The van der Waals surface area contributed by atoms with Gasteiger partial charge in [0.15, 0.2) is 0 Å². The Bertz CT molecular complexity index is 611. The molecule has 2 aromatic rings. The largest absolute Gasteiger partial charge is 0.269 e. The molecular weight excluding hydrogens is 240 g/mol. The van der Waals surface area contributed by atoms with Gasteiger partial charge in [-0.1, -0.05) is 6.08 Å². The minimum Gasteiger partial charge on any atom is -0.258 e. The first-order valence-corrected chi connectivity index (χ1v) is 5.92. The summed E-state index contributed by atoms with van der Waals surface area (Å²) in [4.78, 5) is 14.5. The highest BCUT2D eigenvalue weighted by Crippen LogP contribution is 2.14. The van der Waals surface area contributed by atoms with Crippen molar-refractivity contribution in [1.82, 2.24) is 4.98 Å². The van der Waals surface area contributed by atoms with Gasteiger partial charge < -0.3 is 0 Å². The summed E-state index contributed by atoms with van der Waals surface area (Å²) in [7, 11) is 0. The highest BCUT2D eigenvalue weighted by Gasteiger charge is 2.02. The summed E-state index contributed by atoms with van der Waals surface area (Å²) in [6, 6.07) is 10.4. The number of nitro benzene ring substituents is 1. The highest BCUT2D eigenvalue weighted by atomic mass is 16.6. The Hall–Kier alpha value is -2.49. The van der Waals surface area contributed by atoms with Crippen LogP contribution in [0.25, 0.3) is 12.2 Å². The zero-order chi connectivity index (χ0) is 13.8. The fourth-order valence-electron chi connectivity index (χ4n) is 1.85. The topological polar surface area (TPSA) is 56.0 Å². The van der Waals surface area contributed by atoms with E-state index in [2.05, 4.69) is 4.98 Å². The van der Waals surface area contributed by atoms with E-state index in [9.17, 15) is 10.1 Å². The maximum Gasteiger partial charge on any atom is 0.269 e. The molecule has 0 aliphatic rings. The van der Waals surface area contributed by atoms with E-state index in [1.54, 1.807) is 12.1 Å². The number of hydrogen-bond donors (Lipinski definition) is 0. The van der Waals surface area contributed by atoms with Gasteiger partial charge in [-0.3, -0.25) is 15.1 Å². The van der Waals surface area contributed by atoms with Crippen molar-refractivity contribution in [2.24, 2.45) is 0 Å². The zero-order valence-electron chi connectivity index (χ0n) is 10.8. The van der Waals surface area contributed by atoms with Crippen LogP contribution in [0, 0.1) is 24.0 Å². The van der Waals surface area contributed by atoms with E-state index in [1.165, 1.54) is 12.1 Å². The first-order chi connectivity index (χ1) is 9.04. The Labute approximate surface area is 111 Å². The lowest BCUT2D eigenvalue weighted by Crippen LogP contribution is -1.88. The smallest absolute Gasteiger partial charge is 0.258 e. The zero-order valence-corrected chi connectivity index (χ0v) is 10.8. The predicted molar refractivity (Wildman–Crippen MR) is 75.7 cm³/mol. The van der Waals surface area contributed by atoms with E-state index >= 15 is 0 Å². The van der Waals surface area contributed by atoms with E-state index in [0.717, 1.165) is 22.5 Å². The molecule has 0 aliphatic carbocycles. The second-order valence-corrected chi connectivity index (χ2v) is 4.39. The van der Waals surface area contributed by atoms with Crippen molar-refractivity contribution in [2.45, 2.75) is 13.8 Å². The van der Waals surface area contributed by atoms with Crippen LogP contribution in [0.4, 0.5) is 5.69 Å². The normalized spacial score (nSPS) is 10.8. The number of nitro groups is 1. The first kappa shape index (κ1) is 13.0. The maximum atomic E-state index is 10.5. The third-order valence-electron chi connectivity index (χ3n) is 2.67. The Morgan fingerprint density at radius 3 is 2.37 bits per heavy atom. The summed E-state index contributed by atoms with van der Waals surface area (Å²) >= 11 is 0. The average Bonchev–Trinajstić information content (AvgIpc) is 2.36. The molecule has 0 atom stereocenters. The standard InChI is InChI=1S/C15H14N2O2/c1-11-9-12(2)16-14(10-11)6-3-13-4-7-15(8-5-13)17(18)19/h3-10H,1-2H3/b6-3+. The molecule has 0 saturated heterocycles. The molecule has 0 aliphatic heterocycles. The number of non-ortho nitro benzene ring substituents is 1. The fraction of sp³-hybridized carbons (Fsp3) is 0.133. The van der Waals surface area contributed by atoms with Gasteiger partial charge in [-0.15, -0.1) is 0 Å². The Kier molecular flexibility index (Phi) is 3.71. The van der Waals surface area contributed by atoms with Crippen molar-refractivity contribution in [3.05, 3.63) is 69.0 Å². The first-order valence-electron chi connectivity index (χ1n) is 5.92. The van der Waals surface area contributed by atoms with Crippen molar-refractivity contribution in [3.63, 3.8) is 0 Å².